The molecule has 0 aliphatic rings. The van der Waals surface area contributed by atoms with Crippen molar-refractivity contribution < 1.29 is 14.3 Å². The average Bonchev–Trinajstić information content (AvgIpc) is 2.78. The third-order valence-electron chi connectivity index (χ3n) is 4.45. The predicted octanol–water partition coefficient (Wildman–Crippen LogP) is 3.07. The van der Waals surface area contributed by atoms with Crippen molar-refractivity contribution in [3.05, 3.63) is 77.1 Å². The molecule has 1 aromatic heterocycles. The van der Waals surface area contributed by atoms with Gasteiger partial charge >= 0.3 is 0 Å². The molecule has 30 heavy (non-hydrogen) atoms. The van der Waals surface area contributed by atoms with Gasteiger partial charge in [0.05, 0.1) is 18.8 Å². The van der Waals surface area contributed by atoms with Gasteiger partial charge in [-0.2, -0.15) is 5.10 Å². The summed E-state index contributed by atoms with van der Waals surface area (Å²) in [6.07, 6.45) is 0. The lowest BCUT2D eigenvalue weighted by molar-refractivity contribution is -0.124. The molecule has 1 N–H and O–H groups in total. The number of nitrogens with zero attached hydrogens (tertiary/aromatic N) is 2. The first-order chi connectivity index (χ1) is 14.6. The number of aromatic nitrogens is 2. The third-order valence-corrected chi connectivity index (χ3v) is 4.45. The topological polar surface area (TPSA) is 82.4 Å². The number of hydrogen-bond donors (Lipinski definition) is 1. The normalized spacial score (nSPS) is 11.5. The van der Waals surface area contributed by atoms with E-state index in [2.05, 4.69) is 10.4 Å². The number of benzene rings is 2. The maximum atomic E-state index is 12.5. The molecule has 1 atom stereocenters. The summed E-state index contributed by atoms with van der Waals surface area (Å²) in [6.45, 7) is 4.79. The second-order valence-corrected chi connectivity index (χ2v) is 6.59. The number of ether oxygens (including phenoxy) is 2. The molecule has 0 saturated carbocycles. The van der Waals surface area contributed by atoms with Crippen LogP contribution in [0.5, 0.6) is 11.5 Å². The van der Waals surface area contributed by atoms with Gasteiger partial charge in [-0.05, 0) is 44.2 Å². The molecule has 2 aromatic carbocycles. The van der Waals surface area contributed by atoms with Crippen LogP contribution < -0.4 is 20.3 Å². The van der Waals surface area contributed by atoms with E-state index in [4.69, 9.17) is 9.47 Å². The van der Waals surface area contributed by atoms with Crippen LogP contribution in [-0.4, -0.2) is 35.4 Å². The summed E-state index contributed by atoms with van der Waals surface area (Å²) in [5.74, 6) is 1.17. The first-order valence-corrected chi connectivity index (χ1v) is 9.87. The van der Waals surface area contributed by atoms with E-state index in [1.54, 1.807) is 13.0 Å². The number of carbonyl (C=O) groups is 1. The lowest BCUT2D eigenvalue weighted by atomic mass is 10.1. The van der Waals surface area contributed by atoms with E-state index in [1.165, 1.54) is 10.7 Å². The van der Waals surface area contributed by atoms with Gasteiger partial charge in [0, 0.05) is 11.6 Å². The van der Waals surface area contributed by atoms with Crippen LogP contribution in [0.1, 0.15) is 19.9 Å². The molecule has 3 aromatic rings. The van der Waals surface area contributed by atoms with E-state index in [1.807, 2.05) is 61.5 Å². The highest BCUT2D eigenvalue weighted by molar-refractivity contribution is 5.79. The highest BCUT2D eigenvalue weighted by atomic mass is 16.5. The standard InChI is InChI=1S/C23H25N3O4/c1-3-29-19-9-11-20(12-10-19)30-16-15-24-23(28)17(2)26-22(27)14-13-21(25-26)18-7-5-4-6-8-18/h4-14,17H,3,15-16H2,1-2H3,(H,24,28). The largest absolute Gasteiger partial charge is 0.494 e. The van der Waals surface area contributed by atoms with Gasteiger partial charge in [0.15, 0.2) is 0 Å². The van der Waals surface area contributed by atoms with Crippen LogP contribution in [0.15, 0.2) is 71.5 Å². The molecule has 0 aliphatic heterocycles. The summed E-state index contributed by atoms with van der Waals surface area (Å²) < 4.78 is 12.2. The van der Waals surface area contributed by atoms with Crippen molar-refractivity contribution in [3.8, 4) is 22.8 Å². The molecule has 7 nitrogen and oxygen atoms in total. The predicted molar refractivity (Wildman–Crippen MR) is 115 cm³/mol. The van der Waals surface area contributed by atoms with Crippen LogP contribution in [0.3, 0.4) is 0 Å². The zero-order valence-corrected chi connectivity index (χ0v) is 17.1. The van der Waals surface area contributed by atoms with Gasteiger partial charge in [0.2, 0.25) is 5.91 Å². The van der Waals surface area contributed by atoms with Crippen LogP contribution >= 0.6 is 0 Å². The number of carbonyl (C=O) groups excluding carboxylic acids is 1. The SMILES string of the molecule is CCOc1ccc(OCCNC(=O)C(C)n2nc(-c3ccccc3)ccc2=O)cc1. The Morgan fingerprint density at radius 2 is 1.67 bits per heavy atom. The Bertz CT molecular complexity index is 1020. The summed E-state index contributed by atoms with van der Waals surface area (Å²) >= 11 is 0. The second-order valence-electron chi connectivity index (χ2n) is 6.59. The molecule has 156 valence electrons. The summed E-state index contributed by atoms with van der Waals surface area (Å²) in [4.78, 5) is 24.7. The van der Waals surface area contributed by atoms with E-state index in [0.29, 0.717) is 31.2 Å². The molecule has 0 fully saturated rings. The minimum absolute atomic E-state index is 0.301. The van der Waals surface area contributed by atoms with Crippen LogP contribution in [0.2, 0.25) is 0 Å². The second kappa shape index (κ2) is 10.2. The van der Waals surface area contributed by atoms with Crippen molar-refractivity contribution in [3.63, 3.8) is 0 Å². The van der Waals surface area contributed by atoms with Gasteiger partial charge in [-0.1, -0.05) is 30.3 Å². The molecule has 0 radical (unpaired) electrons. The minimum Gasteiger partial charge on any atom is -0.494 e. The Morgan fingerprint density at radius 3 is 2.33 bits per heavy atom. The number of nitrogens with one attached hydrogen (secondary N) is 1. The van der Waals surface area contributed by atoms with Crippen LogP contribution in [-0.2, 0) is 4.79 Å². The van der Waals surface area contributed by atoms with Gasteiger partial charge in [-0.3, -0.25) is 9.59 Å². The van der Waals surface area contributed by atoms with E-state index in [0.717, 1.165) is 11.3 Å². The molecule has 3 rings (SSSR count). The smallest absolute Gasteiger partial charge is 0.267 e. The van der Waals surface area contributed by atoms with Gasteiger partial charge in [-0.25, -0.2) is 4.68 Å². The van der Waals surface area contributed by atoms with Crippen LogP contribution in [0.25, 0.3) is 11.3 Å². The van der Waals surface area contributed by atoms with Crippen molar-refractivity contribution >= 4 is 5.91 Å². The van der Waals surface area contributed by atoms with Gasteiger partial charge < -0.3 is 14.8 Å². The van der Waals surface area contributed by atoms with E-state index in [9.17, 15) is 9.59 Å². The Hall–Kier alpha value is -3.61. The number of amides is 1. The molecular formula is C23H25N3O4. The van der Waals surface area contributed by atoms with E-state index in [-0.39, 0.29) is 11.5 Å². The van der Waals surface area contributed by atoms with Crippen molar-refractivity contribution in [2.45, 2.75) is 19.9 Å². The van der Waals surface area contributed by atoms with E-state index < -0.39 is 6.04 Å². The zero-order chi connectivity index (χ0) is 21.3. The van der Waals surface area contributed by atoms with Crippen molar-refractivity contribution in [2.75, 3.05) is 19.8 Å². The average molecular weight is 407 g/mol. The van der Waals surface area contributed by atoms with Crippen LogP contribution in [0, 0.1) is 0 Å². The lowest BCUT2D eigenvalue weighted by Gasteiger charge is -2.15. The summed E-state index contributed by atoms with van der Waals surface area (Å²) in [5, 5.41) is 7.14. The maximum Gasteiger partial charge on any atom is 0.267 e. The Morgan fingerprint density at radius 1 is 1.00 bits per heavy atom. The third kappa shape index (κ3) is 5.47. The first-order valence-electron chi connectivity index (χ1n) is 9.87. The molecular weight excluding hydrogens is 382 g/mol. The number of hydrogen-bond acceptors (Lipinski definition) is 5. The molecule has 0 saturated heterocycles. The maximum absolute atomic E-state index is 12.5. The first kappa shape index (κ1) is 21.1. The molecule has 1 unspecified atom stereocenters. The van der Waals surface area contributed by atoms with Crippen molar-refractivity contribution in [2.24, 2.45) is 0 Å². The Kier molecular flexibility index (Phi) is 7.21. The fourth-order valence-electron chi connectivity index (χ4n) is 2.87. The Labute approximate surface area is 175 Å². The van der Waals surface area contributed by atoms with Crippen LogP contribution in [0.4, 0.5) is 0 Å². The Balaban J connectivity index is 1.55. The fourth-order valence-corrected chi connectivity index (χ4v) is 2.87. The monoisotopic (exact) mass is 407 g/mol. The molecule has 7 heteroatoms. The summed E-state index contributed by atoms with van der Waals surface area (Å²) in [6, 6.07) is 19.1. The quantitative estimate of drug-likeness (QED) is 0.551. The van der Waals surface area contributed by atoms with Gasteiger partial charge in [0.25, 0.3) is 5.56 Å². The molecule has 1 heterocycles. The van der Waals surface area contributed by atoms with E-state index >= 15 is 0 Å². The number of rotatable bonds is 9. The zero-order valence-electron chi connectivity index (χ0n) is 17.1. The minimum atomic E-state index is -0.744. The van der Waals surface area contributed by atoms with Crippen molar-refractivity contribution in [1.82, 2.24) is 15.1 Å². The highest BCUT2D eigenvalue weighted by Crippen LogP contribution is 2.17. The fraction of sp³-hybridized carbons (Fsp3) is 0.261. The van der Waals surface area contributed by atoms with Crippen molar-refractivity contribution in [1.29, 1.82) is 0 Å². The molecule has 1 amide bonds. The summed E-state index contributed by atoms with van der Waals surface area (Å²) in [7, 11) is 0. The highest BCUT2D eigenvalue weighted by Gasteiger charge is 2.17. The summed E-state index contributed by atoms with van der Waals surface area (Å²) in [5.41, 5.74) is 1.18. The molecule has 0 spiro atoms. The van der Waals surface area contributed by atoms with Gasteiger partial charge in [0.1, 0.15) is 24.1 Å². The van der Waals surface area contributed by atoms with Gasteiger partial charge in [-0.15, -0.1) is 0 Å². The molecule has 0 aliphatic carbocycles. The lowest BCUT2D eigenvalue weighted by Crippen LogP contribution is -2.38. The molecule has 0 bridgehead atoms.